The van der Waals surface area contributed by atoms with E-state index in [2.05, 4.69) is 9.97 Å². The normalized spacial score (nSPS) is 11.4. The van der Waals surface area contributed by atoms with E-state index < -0.39 is 11.9 Å². The van der Waals surface area contributed by atoms with Crippen molar-refractivity contribution in [2.45, 2.75) is 13.1 Å². The van der Waals surface area contributed by atoms with Gasteiger partial charge in [-0.2, -0.15) is 13.2 Å². The van der Waals surface area contributed by atoms with Crippen molar-refractivity contribution in [1.29, 1.82) is 0 Å². The van der Waals surface area contributed by atoms with E-state index in [1.165, 1.54) is 12.3 Å². The van der Waals surface area contributed by atoms with Gasteiger partial charge >= 0.3 is 6.18 Å². The van der Waals surface area contributed by atoms with E-state index >= 15 is 0 Å². The fourth-order valence-corrected chi connectivity index (χ4v) is 1.61. The SMILES string of the molecule is CCOc1cccnc1-c1ccnc(C(F)(F)F)c1. The Kier molecular flexibility index (Phi) is 3.69. The van der Waals surface area contributed by atoms with Crippen molar-refractivity contribution in [2.75, 3.05) is 6.61 Å². The lowest BCUT2D eigenvalue weighted by Gasteiger charge is -2.10. The summed E-state index contributed by atoms with van der Waals surface area (Å²) in [5.41, 5.74) is -0.248. The maximum atomic E-state index is 12.6. The van der Waals surface area contributed by atoms with Crippen molar-refractivity contribution in [3.8, 4) is 17.0 Å². The van der Waals surface area contributed by atoms with Gasteiger partial charge in [-0.05, 0) is 31.2 Å². The summed E-state index contributed by atoms with van der Waals surface area (Å²) < 4.78 is 43.2. The zero-order chi connectivity index (χ0) is 13.9. The second-order valence-electron chi connectivity index (χ2n) is 3.71. The predicted octanol–water partition coefficient (Wildman–Crippen LogP) is 3.56. The second-order valence-corrected chi connectivity index (χ2v) is 3.71. The van der Waals surface area contributed by atoms with Gasteiger partial charge in [0, 0.05) is 18.0 Å². The average molecular weight is 268 g/mol. The van der Waals surface area contributed by atoms with Crippen molar-refractivity contribution in [2.24, 2.45) is 0 Å². The lowest BCUT2D eigenvalue weighted by molar-refractivity contribution is -0.141. The molecule has 0 unspecified atom stereocenters. The zero-order valence-electron chi connectivity index (χ0n) is 10.1. The van der Waals surface area contributed by atoms with Gasteiger partial charge in [-0.25, -0.2) is 0 Å². The van der Waals surface area contributed by atoms with Crippen LogP contribution in [0.5, 0.6) is 5.75 Å². The molecule has 6 heteroatoms. The van der Waals surface area contributed by atoms with E-state index in [0.29, 0.717) is 23.6 Å². The molecule has 0 aliphatic heterocycles. The average Bonchev–Trinajstić information content (AvgIpc) is 2.39. The molecule has 2 aromatic rings. The van der Waals surface area contributed by atoms with Crippen LogP contribution in [0.25, 0.3) is 11.3 Å². The Morgan fingerprint density at radius 1 is 1.16 bits per heavy atom. The summed E-state index contributed by atoms with van der Waals surface area (Å²) in [6.45, 7) is 2.21. The van der Waals surface area contributed by atoms with Gasteiger partial charge in [-0.3, -0.25) is 9.97 Å². The van der Waals surface area contributed by atoms with Crippen LogP contribution < -0.4 is 4.74 Å². The number of hydrogen-bond donors (Lipinski definition) is 0. The summed E-state index contributed by atoms with van der Waals surface area (Å²) in [4.78, 5) is 7.39. The van der Waals surface area contributed by atoms with E-state index in [1.807, 2.05) is 0 Å². The van der Waals surface area contributed by atoms with Gasteiger partial charge in [-0.1, -0.05) is 0 Å². The first-order valence-electron chi connectivity index (χ1n) is 5.64. The van der Waals surface area contributed by atoms with Crippen molar-refractivity contribution in [3.05, 3.63) is 42.4 Å². The Balaban J connectivity index is 2.48. The largest absolute Gasteiger partial charge is 0.492 e. The molecule has 0 fully saturated rings. The molecule has 2 rings (SSSR count). The van der Waals surface area contributed by atoms with Crippen LogP contribution in [0.15, 0.2) is 36.7 Å². The minimum atomic E-state index is -4.48. The van der Waals surface area contributed by atoms with Gasteiger partial charge in [-0.15, -0.1) is 0 Å². The lowest BCUT2D eigenvalue weighted by Crippen LogP contribution is -2.07. The summed E-state index contributed by atoms with van der Waals surface area (Å²) in [5.74, 6) is 0.448. The number of aromatic nitrogens is 2. The first kappa shape index (κ1) is 13.3. The number of hydrogen-bond acceptors (Lipinski definition) is 3. The Bertz CT molecular complexity index is 570. The van der Waals surface area contributed by atoms with Gasteiger partial charge in [0.2, 0.25) is 0 Å². The maximum absolute atomic E-state index is 12.6. The molecule has 0 radical (unpaired) electrons. The highest BCUT2D eigenvalue weighted by molar-refractivity contribution is 5.66. The van der Waals surface area contributed by atoms with E-state index in [9.17, 15) is 13.2 Å². The standard InChI is InChI=1S/C13H11F3N2O/c1-2-19-10-4-3-6-18-12(10)9-5-7-17-11(8-9)13(14,15)16/h3-8H,2H2,1H3. The lowest BCUT2D eigenvalue weighted by atomic mass is 10.1. The van der Waals surface area contributed by atoms with Gasteiger partial charge in [0.05, 0.1) is 6.61 Å². The molecule has 3 nitrogen and oxygen atoms in total. The highest BCUT2D eigenvalue weighted by Crippen LogP contribution is 2.32. The number of pyridine rings is 2. The third-order valence-electron chi connectivity index (χ3n) is 2.39. The molecule has 19 heavy (non-hydrogen) atoms. The summed E-state index contributed by atoms with van der Waals surface area (Å²) in [6, 6.07) is 5.77. The molecule has 2 aromatic heterocycles. The summed E-state index contributed by atoms with van der Waals surface area (Å²) >= 11 is 0. The van der Waals surface area contributed by atoms with Gasteiger partial charge in [0.25, 0.3) is 0 Å². The molecule has 0 aliphatic carbocycles. The Morgan fingerprint density at radius 3 is 2.63 bits per heavy atom. The van der Waals surface area contributed by atoms with Gasteiger partial charge in [0.1, 0.15) is 17.1 Å². The first-order valence-corrected chi connectivity index (χ1v) is 5.64. The predicted molar refractivity (Wildman–Crippen MR) is 63.6 cm³/mol. The number of rotatable bonds is 3. The van der Waals surface area contributed by atoms with E-state index in [4.69, 9.17) is 4.74 Å². The molecule has 0 bridgehead atoms. The fourth-order valence-electron chi connectivity index (χ4n) is 1.61. The highest BCUT2D eigenvalue weighted by atomic mass is 19.4. The van der Waals surface area contributed by atoms with Crippen molar-refractivity contribution in [1.82, 2.24) is 9.97 Å². The van der Waals surface area contributed by atoms with Crippen LogP contribution in [0.1, 0.15) is 12.6 Å². The number of ether oxygens (including phenoxy) is 1. The second kappa shape index (κ2) is 5.26. The van der Waals surface area contributed by atoms with Crippen LogP contribution in [-0.2, 0) is 6.18 Å². The quantitative estimate of drug-likeness (QED) is 0.853. The number of alkyl halides is 3. The Labute approximate surface area is 108 Å². The van der Waals surface area contributed by atoms with Crippen LogP contribution >= 0.6 is 0 Å². The van der Waals surface area contributed by atoms with Crippen molar-refractivity contribution >= 4 is 0 Å². The third-order valence-corrected chi connectivity index (χ3v) is 2.39. The van der Waals surface area contributed by atoms with Crippen LogP contribution in [0.2, 0.25) is 0 Å². The molecular weight excluding hydrogens is 257 g/mol. The summed E-state index contributed by atoms with van der Waals surface area (Å²) in [7, 11) is 0. The van der Waals surface area contributed by atoms with Crippen LogP contribution in [-0.4, -0.2) is 16.6 Å². The van der Waals surface area contributed by atoms with E-state index in [0.717, 1.165) is 12.3 Å². The topological polar surface area (TPSA) is 35.0 Å². The third kappa shape index (κ3) is 3.01. The zero-order valence-corrected chi connectivity index (χ0v) is 10.1. The first-order chi connectivity index (χ1) is 9.02. The Morgan fingerprint density at radius 2 is 1.95 bits per heavy atom. The monoisotopic (exact) mass is 268 g/mol. The van der Waals surface area contributed by atoms with E-state index in [1.54, 1.807) is 19.1 Å². The molecule has 0 spiro atoms. The molecule has 0 aliphatic rings. The molecule has 100 valence electrons. The van der Waals surface area contributed by atoms with E-state index in [-0.39, 0.29) is 0 Å². The van der Waals surface area contributed by atoms with Crippen LogP contribution in [0.3, 0.4) is 0 Å². The highest BCUT2D eigenvalue weighted by Gasteiger charge is 2.32. The smallest absolute Gasteiger partial charge is 0.433 e. The fraction of sp³-hybridized carbons (Fsp3) is 0.231. The summed E-state index contributed by atoms with van der Waals surface area (Å²) in [5, 5.41) is 0. The van der Waals surface area contributed by atoms with Gasteiger partial charge < -0.3 is 4.74 Å². The molecule has 0 N–H and O–H groups in total. The molecule has 0 saturated heterocycles. The van der Waals surface area contributed by atoms with Crippen LogP contribution in [0.4, 0.5) is 13.2 Å². The van der Waals surface area contributed by atoms with Crippen molar-refractivity contribution in [3.63, 3.8) is 0 Å². The van der Waals surface area contributed by atoms with Crippen LogP contribution in [0, 0.1) is 0 Å². The number of nitrogens with zero attached hydrogens (tertiary/aromatic N) is 2. The molecule has 0 atom stereocenters. The minimum absolute atomic E-state index is 0.325. The minimum Gasteiger partial charge on any atom is -0.492 e. The molecule has 2 heterocycles. The maximum Gasteiger partial charge on any atom is 0.433 e. The molecule has 0 saturated carbocycles. The molecule has 0 amide bonds. The van der Waals surface area contributed by atoms with Crippen molar-refractivity contribution < 1.29 is 17.9 Å². The number of halogens is 3. The molecule has 0 aromatic carbocycles. The van der Waals surface area contributed by atoms with Gasteiger partial charge in [0.15, 0.2) is 0 Å². The summed E-state index contributed by atoms with van der Waals surface area (Å²) in [6.07, 6.45) is -1.86. The molecular formula is C13H11F3N2O. The Hall–Kier alpha value is -2.11.